The quantitative estimate of drug-likeness (QED) is 0.883. The van der Waals surface area contributed by atoms with Gasteiger partial charge in [-0.05, 0) is 25.0 Å². The summed E-state index contributed by atoms with van der Waals surface area (Å²) in [5, 5.41) is 20.6. The van der Waals surface area contributed by atoms with Crippen LogP contribution >= 0.6 is 0 Å². The Hall–Kier alpha value is -1.81. The van der Waals surface area contributed by atoms with Gasteiger partial charge in [-0.3, -0.25) is 0 Å². The van der Waals surface area contributed by atoms with Gasteiger partial charge in [-0.1, -0.05) is 6.92 Å². The summed E-state index contributed by atoms with van der Waals surface area (Å²) < 4.78 is 37.7. The Kier molecular flexibility index (Phi) is 4.72. The summed E-state index contributed by atoms with van der Waals surface area (Å²) in [6, 6.07) is 3.32. The Morgan fingerprint density at radius 1 is 1.42 bits per heavy atom. The molecule has 1 rings (SSSR count). The van der Waals surface area contributed by atoms with E-state index >= 15 is 0 Å². The number of halogens is 3. The number of hydrogen-bond donors (Lipinski definition) is 2. The van der Waals surface area contributed by atoms with Gasteiger partial charge in [-0.15, -0.1) is 0 Å². The van der Waals surface area contributed by atoms with Crippen LogP contribution in [-0.2, 0) is 6.18 Å². The number of aliphatic hydroxyl groups is 1. The third kappa shape index (κ3) is 3.83. The van der Waals surface area contributed by atoms with Crippen molar-refractivity contribution in [2.45, 2.75) is 26.1 Å². The maximum Gasteiger partial charge on any atom is 0.433 e. The summed E-state index contributed by atoms with van der Waals surface area (Å²) in [5.41, 5.74) is -1.03. The average Bonchev–Trinajstić information content (AvgIpc) is 2.36. The van der Waals surface area contributed by atoms with Crippen LogP contribution in [-0.4, -0.2) is 22.7 Å². The molecule has 0 spiro atoms. The van der Waals surface area contributed by atoms with Crippen LogP contribution in [0, 0.1) is 17.2 Å². The standard InChI is InChI=1S/C12H14F3N3O/c1-7(6-19)8(2)17-11-9(5-16)3-4-10(18-11)12(13,14)15/h3-4,7-8,19H,6H2,1-2H3,(H,17,18). The van der Waals surface area contributed by atoms with Crippen molar-refractivity contribution < 1.29 is 18.3 Å². The Labute approximate surface area is 108 Å². The Morgan fingerprint density at radius 3 is 2.53 bits per heavy atom. The fourth-order valence-corrected chi connectivity index (χ4v) is 1.33. The minimum Gasteiger partial charge on any atom is -0.396 e. The molecule has 1 aromatic heterocycles. The van der Waals surface area contributed by atoms with Gasteiger partial charge in [0, 0.05) is 12.6 Å². The van der Waals surface area contributed by atoms with E-state index in [0.717, 1.165) is 12.1 Å². The molecule has 0 bridgehead atoms. The predicted octanol–water partition coefficient (Wildman–Crippen LogP) is 2.40. The number of nitrogens with zero attached hydrogens (tertiary/aromatic N) is 2. The molecule has 0 aliphatic carbocycles. The van der Waals surface area contributed by atoms with Gasteiger partial charge >= 0.3 is 6.18 Å². The van der Waals surface area contributed by atoms with Gasteiger partial charge < -0.3 is 10.4 Å². The Bertz CT molecular complexity index is 482. The van der Waals surface area contributed by atoms with Gasteiger partial charge in [-0.25, -0.2) is 4.98 Å². The first-order valence-electron chi connectivity index (χ1n) is 5.65. The largest absolute Gasteiger partial charge is 0.433 e. The molecule has 0 amide bonds. The molecule has 0 saturated heterocycles. The number of nitriles is 1. The molecule has 0 aliphatic heterocycles. The lowest BCUT2D eigenvalue weighted by Crippen LogP contribution is -2.27. The minimum absolute atomic E-state index is 0.0324. The fraction of sp³-hybridized carbons (Fsp3) is 0.500. The van der Waals surface area contributed by atoms with Crippen LogP contribution in [0.3, 0.4) is 0 Å². The molecular formula is C12H14F3N3O. The number of aromatic nitrogens is 1. The van der Waals surface area contributed by atoms with E-state index in [9.17, 15) is 13.2 Å². The van der Waals surface area contributed by atoms with Gasteiger partial charge in [0.15, 0.2) is 0 Å². The summed E-state index contributed by atoms with van der Waals surface area (Å²) in [6.07, 6.45) is -4.56. The molecule has 2 N–H and O–H groups in total. The zero-order valence-electron chi connectivity index (χ0n) is 10.5. The van der Waals surface area contributed by atoms with Crippen molar-refractivity contribution in [3.8, 4) is 6.07 Å². The highest BCUT2D eigenvalue weighted by Gasteiger charge is 2.33. The lowest BCUT2D eigenvalue weighted by Gasteiger charge is -2.21. The van der Waals surface area contributed by atoms with Crippen LogP contribution in [0.1, 0.15) is 25.1 Å². The fourth-order valence-electron chi connectivity index (χ4n) is 1.33. The molecule has 1 heterocycles. The molecule has 0 aromatic carbocycles. The molecule has 104 valence electrons. The van der Waals surface area contributed by atoms with Crippen molar-refractivity contribution in [2.75, 3.05) is 11.9 Å². The normalized spacial score (nSPS) is 14.6. The molecule has 0 fully saturated rings. The van der Waals surface area contributed by atoms with E-state index in [2.05, 4.69) is 10.3 Å². The van der Waals surface area contributed by atoms with E-state index in [1.165, 1.54) is 0 Å². The maximum atomic E-state index is 12.6. The second kappa shape index (κ2) is 5.89. The number of rotatable bonds is 4. The van der Waals surface area contributed by atoms with Crippen molar-refractivity contribution in [3.63, 3.8) is 0 Å². The SMILES string of the molecule is CC(CO)C(C)Nc1nc(C(F)(F)F)ccc1C#N. The van der Waals surface area contributed by atoms with Crippen molar-refractivity contribution in [1.82, 2.24) is 4.98 Å². The average molecular weight is 273 g/mol. The number of pyridine rings is 1. The van der Waals surface area contributed by atoms with Gasteiger partial charge in [0.1, 0.15) is 17.6 Å². The third-order valence-electron chi connectivity index (χ3n) is 2.81. The molecule has 19 heavy (non-hydrogen) atoms. The Morgan fingerprint density at radius 2 is 2.05 bits per heavy atom. The van der Waals surface area contributed by atoms with Gasteiger partial charge in [0.05, 0.1) is 5.56 Å². The highest BCUT2D eigenvalue weighted by molar-refractivity contribution is 5.53. The van der Waals surface area contributed by atoms with Crippen molar-refractivity contribution in [2.24, 2.45) is 5.92 Å². The van der Waals surface area contributed by atoms with Crippen LogP contribution in [0.4, 0.5) is 19.0 Å². The molecule has 2 unspecified atom stereocenters. The summed E-state index contributed by atoms with van der Waals surface area (Å²) in [4.78, 5) is 3.43. The van der Waals surface area contributed by atoms with Crippen LogP contribution in [0.15, 0.2) is 12.1 Å². The number of hydrogen-bond acceptors (Lipinski definition) is 4. The first-order chi connectivity index (χ1) is 8.79. The van der Waals surface area contributed by atoms with Crippen LogP contribution in [0.5, 0.6) is 0 Å². The molecule has 7 heteroatoms. The van der Waals surface area contributed by atoms with Crippen LogP contribution in [0.25, 0.3) is 0 Å². The van der Waals surface area contributed by atoms with Crippen molar-refractivity contribution in [3.05, 3.63) is 23.4 Å². The number of anilines is 1. The third-order valence-corrected chi connectivity index (χ3v) is 2.81. The number of aliphatic hydroxyl groups excluding tert-OH is 1. The maximum absolute atomic E-state index is 12.6. The topological polar surface area (TPSA) is 68.9 Å². The van der Waals surface area contributed by atoms with E-state index in [4.69, 9.17) is 10.4 Å². The molecule has 1 aromatic rings. The first-order valence-corrected chi connectivity index (χ1v) is 5.65. The molecule has 2 atom stereocenters. The van der Waals surface area contributed by atoms with Crippen LogP contribution < -0.4 is 5.32 Å². The van der Waals surface area contributed by atoms with E-state index in [0.29, 0.717) is 0 Å². The van der Waals surface area contributed by atoms with Crippen molar-refractivity contribution >= 4 is 5.82 Å². The predicted molar refractivity (Wildman–Crippen MR) is 63.3 cm³/mol. The van der Waals surface area contributed by atoms with Crippen LogP contribution in [0.2, 0.25) is 0 Å². The monoisotopic (exact) mass is 273 g/mol. The molecule has 4 nitrogen and oxygen atoms in total. The first kappa shape index (κ1) is 15.2. The second-order valence-corrected chi connectivity index (χ2v) is 4.30. The Balaban J connectivity index is 3.07. The molecular weight excluding hydrogens is 259 g/mol. The molecule has 0 saturated carbocycles. The summed E-state index contributed by atoms with van der Waals surface area (Å²) in [7, 11) is 0. The highest BCUT2D eigenvalue weighted by Crippen LogP contribution is 2.29. The van der Waals surface area contributed by atoms with Gasteiger partial charge in [0.2, 0.25) is 0 Å². The van der Waals surface area contributed by atoms with Crippen molar-refractivity contribution in [1.29, 1.82) is 5.26 Å². The minimum atomic E-state index is -4.56. The van der Waals surface area contributed by atoms with E-state index < -0.39 is 11.9 Å². The van der Waals surface area contributed by atoms with Gasteiger partial charge in [-0.2, -0.15) is 18.4 Å². The number of alkyl halides is 3. The number of nitrogens with one attached hydrogen (secondary N) is 1. The summed E-state index contributed by atoms with van der Waals surface area (Å²) in [5.74, 6) is -0.298. The van der Waals surface area contributed by atoms with E-state index in [-0.39, 0.29) is 29.9 Å². The van der Waals surface area contributed by atoms with Gasteiger partial charge in [0.25, 0.3) is 0 Å². The molecule has 0 radical (unpaired) electrons. The smallest absolute Gasteiger partial charge is 0.396 e. The van der Waals surface area contributed by atoms with E-state index in [1.54, 1.807) is 19.9 Å². The lowest BCUT2D eigenvalue weighted by atomic mass is 10.0. The highest BCUT2D eigenvalue weighted by atomic mass is 19.4. The lowest BCUT2D eigenvalue weighted by molar-refractivity contribution is -0.141. The second-order valence-electron chi connectivity index (χ2n) is 4.30. The zero-order valence-corrected chi connectivity index (χ0v) is 10.5. The summed E-state index contributed by atoms with van der Waals surface area (Å²) in [6.45, 7) is 3.32. The molecule has 0 aliphatic rings. The summed E-state index contributed by atoms with van der Waals surface area (Å²) >= 11 is 0. The zero-order chi connectivity index (χ0) is 14.6. The van der Waals surface area contributed by atoms with E-state index in [1.807, 2.05) is 0 Å².